The van der Waals surface area contributed by atoms with Crippen molar-refractivity contribution in [3.8, 4) is 0 Å². The second kappa shape index (κ2) is 4.41. The molecule has 1 aromatic heterocycles. The van der Waals surface area contributed by atoms with Crippen molar-refractivity contribution < 1.29 is 0 Å². The van der Waals surface area contributed by atoms with E-state index in [1.54, 1.807) is 6.33 Å². The third-order valence-electron chi connectivity index (χ3n) is 2.89. The molecular weight excluding hydrogens is 212 g/mol. The smallest absolute Gasteiger partial charge is 0.153 e. The molecule has 0 fully saturated rings. The Morgan fingerprint density at radius 1 is 1.18 bits per heavy atom. The number of hydrogen-bond donors (Lipinski definition) is 2. The highest BCUT2D eigenvalue weighted by atomic mass is 15.1. The zero-order valence-corrected chi connectivity index (χ0v) is 9.48. The summed E-state index contributed by atoms with van der Waals surface area (Å²) >= 11 is 0. The van der Waals surface area contributed by atoms with Crippen molar-refractivity contribution in [3.05, 3.63) is 47.9 Å². The SMILES string of the molecule is c1ccc(CNc2ncnc3c2NCC3)cc1. The zero-order chi connectivity index (χ0) is 11.5. The summed E-state index contributed by atoms with van der Waals surface area (Å²) in [4.78, 5) is 8.54. The highest BCUT2D eigenvalue weighted by molar-refractivity contribution is 5.69. The molecule has 0 spiro atoms. The Labute approximate surface area is 100 Å². The molecule has 0 aliphatic carbocycles. The van der Waals surface area contributed by atoms with Gasteiger partial charge in [-0.3, -0.25) is 0 Å². The largest absolute Gasteiger partial charge is 0.380 e. The lowest BCUT2D eigenvalue weighted by atomic mass is 10.2. The fourth-order valence-electron chi connectivity index (χ4n) is 2.02. The number of benzene rings is 1. The van der Waals surface area contributed by atoms with Gasteiger partial charge in [0.1, 0.15) is 6.33 Å². The Bertz CT molecular complexity index is 510. The molecule has 3 rings (SSSR count). The molecule has 0 amide bonds. The van der Waals surface area contributed by atoms with Gasteiger partial charge in [-0.25, -0.2) is 9.97 Å². The van der Waals surface area contributed by atoms with Crippen LogP contribution in [0.15, 0.2) is 36.7 Å². The van der Waals surface area contributed by atoms with Gasteiger partial charge in [0.05, 0.1) is 11.4 Å². The minimum absolute atomic E-state index is 0.784. The fraction of sp³-hybridized carbons (Fsp3) is 0.231. The van der Waals surface area contributed by atoms with Crippen LogP contribution < -0.4 is 10.6 Å². The summed E-state index contributed by atoms with van der Waals surface area (Å²) in [6.07, 6.45) is 2.61. The summed E-state index contributed by atoms with van der Waals surface area (Å²) in [5, 5.41) is 6.67. The van der Waals surface area contributed by atoms with Crippen molar-refractivity contribution >= 4 is 11.5 Å². The maximum Gasteiger partial charge on any atom is 0.153 e. The van der Waals surface area contributed by atoms with Crippen molar-refractivity contribution in [3.63, 3.8) is 0 Å². The third-order valence-corrected chi connectivity index (χ3v) is 2.89. The van der Waals surface area contributed by atoms with Crippen LogP contribution in [-0.4, -0.2) is 16.5 Å². The van der Waals surface area contributed by atoms with E-state index in [2.05, 4.69) is 32.7 Å². The first-order valence-corrected chi connectivity index (χ1v) is 5.79. The van der Waals surface area contributed by atoms with Gasteiger partial charge < -0.3 is 10.6 Å². The molecule has 4 nitrogen and oxygen atoms in total. The van der Waals surface area contributed by atoms with Crippen LogP contribution in [0.4, 0.5) is 11.5 Å². The van der Waals surface area contributed by atoms with E-state index < -0.39 is 0 Å². The van der Waals surface area contributed by atoms with E-state index in [9.17, 15) is 0 Å². The number of nitrogens with zero attached hydrogens (tertiary/aromatic N) is 2. The van der Waals surface area contributed by atoms with Crippen LogP contribution in [-0.2, 0) is 13.0 Å². The molecule has 0 unspecified atom stereocenters. The lowest BCUT2D eigenvalue weighted by Crippen LogP contribution is -2.04. The highest BCUT2D eigenvalue weighted by Crippen LogP contribution is 2.26. The Kier molecular flexibility index (Phi) is 2.62. The van der Waals surface area contributed by atoms with Crippen LogP contribution in [0.2, 0.25) is 0 Å². The van der Waals surface area contributed by atoms with Crippen LogP contribution in [0.3, 0.4) is 0 Å². The summed E-state index contributed by atoms with van der Waals surface area (Å²) in [6.45, 7) is 1.74. The first kappa shape index (κ1) is 10.1. The van der Waals surface area contributed by atoms with Crippen LogP contribution in [0.25, 0.3) is 0 Å². The maximum atomic E-state index is 4.28. The lowest BCUT2D eigenvalue weighted by molar-refractivity contribution is 1.02. The number of hydrogen-bond acceptors (Lipinski definition) is 4. The third kappa shape index (κ3) is 2.06. The van der Waals surface area contributed by atoms with Gasteiger partial charge in [-0.15, -0.1) is 0 Å². The maximum absolute atomic E-state index is 4.28. The normalized spacial score (nSPS) is 12.9. The van der Waals surface area contributed by atoms with Crippen molar-refractivity contribution in [1.82, 2.24) is 9.97 Å². The monoisotopic (exact) mass is 226 g/mol. The van der Waals surface area contributed by atoms with E-state index in [0.717, 1.165) is 36.7 Å². The number of rotatable bonds is 3. The Morgan fingerprint density at radius 3 is 2.94 bits per heavy atom. The molecule has 0 atom stereocenters. The number of anilines is 2. The van der Waals surface area contributed by atoms with Crippen molar-refractivity contribution in [2.24, 2.45) is 0 Å². The Hall–Kier alpha value is -2.10. The van der Waals surface area contributed by atoms with Gasteiger partial charge in [0, 0.05) is 19.5 Å². The van der Waals surface area contributed by atoms with Gasteiger partial charge in [-0.1, -0.05) is 30.3 Å². The van der Waals surface area contributed by atoms with Crippen LogP contribution in [0.5, 0.6) is 0 Å². The molecule has 0 bridgehead atoms. The van der Waals surface area contributed by atoms with Gasteiger partial charge in [-0.2, -0.15) is 0 Å². The first-order valence-electron chi connectivity index (χ1n) is 5.79. The molecule has 0 radical (unpaired) electrons. The Morgan fingerprint density at radius 2 is 2.06 bits per heavy atom. The molecule has 17 heavy (non-hydrogen) atoms. The number of aromatic nitrogens is 2. The molecule has 86 valence electrons. The second-order valence-electron chi connectivity index (χ2n) is 4.06. The van der Waals surface area contributed by atoms with Gasteiger partial charge in [0.25, 0.3) is 0 Å². The van der Waals surface area contributed by atoms with Crippen molar-refractivity contribution in [2.45, 2.75) is 13.0 Å². The Balaban J connectivity index is 1.76. The second-order valence-corrected chi connectivity index (χ2v) is 4.06. The van der Waals surface area contributed by atoms with Gasteiger partial charge in [-0.05, 0) is 5.56 Å². The highest BCUT2D eigenvalue weighted by Gasteiger charge is 2.15. The molecule has 4 heteroatoms. The quantitative estimate of drug-likeness (QED) is 0.841. The van der Waals surface area contributed by atoms with Gasteiger partial charge >= 0.3 is 0 Å². The zero-order valence-electron chi connectivity index (χ0n) is 9.48. The van der Waals surface area contributed by atoms with E-state index in [4.69, 9.17) is 0 Å². The molecule has 2 N–H and O–H groups in total. The predicted molar refractivity (Wildman–Crippen MR) is 68.0 cm³/mol. The molecule has 0 saturated carbocycles. The summed E-state index contributed by atoms with van der Waals surface area (Å²) in [5.41, 5.74) is 3.41. The standard InChI is InChI=1S/C13H14N4/c1-2-4-10(5-3-1)8-15-13-12-11(6-7-14-12)16-9-17-13/h1-5,9,14H,6-8H2,(H,15,16,17). The van der Waals surface area contributed by atoms with Gasteiger partial charge in [0.15, 0.2) is 5.82 Å². The van der Waals surface area contributed by atoms with E-state index in [-0.39, 0.29) is 0 Å². The van der Waals surface area contributed by atoms with Crippen LogP contribution >= 0.6 is 0 Å². The predicted octanol–water partition coefficient (Wildman–Crippen LogP) is 2.06. The average Bonchev–Trinajstić information content (AvgIpc) is 2.86. The van der Waals surface area contributed by atoms with Crippen molar-refractivity contribution in [2.75, 3.05) is 17.2 Å². The van der Waals surface area contributed by atoms with E-state index in [1.807, 2.05) is 18.2 Å². The first-order chi connectivity index (χ1) is 8.43. The topological polar surface area (TPSA) is 49.8 Å². The van der Waals surface area contributed by atoms with Crippen molar-refractivity contribution in [1.29, 1.82) is 0 Å². The number of fused-ring (bicyclic) bond motifs is 1. The average molecular weight is 226 g/mol. The summed E-state index contributed by atoms with van der Waals surface area (Å²) < 4.78 is 0. The number of nitrogens with one attached hydrogen (secondary N) is 2. The van der Waals surface area contributed by atoms with Crippen LogP contribution in [0.1, 0.15) is 11.3 Å². The molecule has 1 aromatic carbocycles. The molecule has 0 saturated heterocycles. The lowest BCUT2D eigenvalue weighted by Gasteiger charge is -2.09. The van der Waals surface area contributed by atoms with E-state index in [0.29, 0.717) is 0 Å². The summed E-state index contributed by atoms with van der Waals surface area (Å²) in [6, 6.07) is 10.3. The molecule has 1 aliphatic heterocycles. The minimum atomic E-state index is 0.784. The van der Waals surface area contributed by atoms with Gasteiger partial charge in [0.2, 0.25) is 0 Å². The molecular formula is C13H14N4. The summed E-state index contributed by atoms with van der Waals surface area (Å²) in [7, 11) is 0. The summed E-state index contributed by atoms with van der Waals surface area (Å²) in [5.74, 6) is 0.899. The van der Waals surface area contributed by atoms with Crippen LogP contribution in [0, 0.1) is 0 Å². The molecule has 2 heterocycles. The minimum Gasteiger partial charge on any atom is -0.380 e. The van der Waals surface area contributed by atoms with E-state index in [1.165, 1.54) is 5.56 Å². The van der Waals surface area contributed by atoms with E-state index >= 15 is 0 Å². The molecule has 1 aliphatic rings. The molecule has 2 aromatic rings. The fourth-order valence-corrected chi connectivity index (χ4v) is 2.02.